The molecule has 1 saturated heterocycles. The normalized spacial score (nSPS) is 22.1. The van der Waals surface area contributed by atoms with Gasteiger partial charge in [-0.15, -0.1) is 11.3 Å². The van der Waals surface area contributed by atoms with Crippen molar-refractivity contribution in [3.8, 4) is 0 Å². The highest BCUT2D eigenvalue weighted by Crippen LogP contribution is 2.23. The predicted octanol–water partition coefficient (Wildman–Crippen LogP) is 1.64. The lowest BCUT2D eigenvalue weighted by Gasteiger charge is -2.19. The molecule has 0 radical (unpaired) electrons. The maximum atomic E-state index is 10.8. The summed E-state index contributed by atoms with van der Waals surface area (Å²) in [4.78, 5) is 11.9. The predicted molar refractivity (Wildman–Crippen MR) is 61.7 cm³/mol. The van der Waals surface area contributed by atoms with Crippen LogP contribution in [-0.4, -0.2) is 30.3 Å². The van der Waals surface area contributed by atoms with Crippen LogP contribution in [0.2, 0.25) is 0 Å². The van der Waals surface area contributed by atoms with Gasteiger partial charge in [0.05, 0.1) is 19.1 Å². The quantitative estimate of drug-likeness (QED) is 0.823. The summed E-state index contributed by atoms with van der Waals surface area (Å²) in [6.07, 6.45) is 1.08. The van der Waals surface area contributed by atoms with Crippen molar-refractivity contribution >= 4 is 17.3 Å². The smallest absolute Gasteiger partial charge is 0.305 e. The van der Waals surface area contributed by atoms with Crippen molar-refractivity contribution in [2.75, 3.05) is 13.2 Å². The minimum Gasteiger partial charge on any atom is -0.481 e. The molecule has 2 unspecified atom stereocenters. The van der Waals surface area contributed by atoms with Crippen molar-refractivity contribution in [1.82, 2.24) is 5.32 Å². The molecule has 5 heteroatoms. The topological polar surface area (TPSA) is 58.6 Å². The lowest BCUT2D eigenvalue weighted by molar-refractivity contribution is -0.137. The van der Waals surface area contributed by atoms with Gasteiger partial charge >= 0.3 is 5.97 Å². The molecule has 0 bridgehead atoms. The molecule has 0 aromatic carbocycles. The third kappa shape index (κ3) is 3.04. The molecule has 1 aromatic heterocycles. The zero-order chi connectivity index (χ0) is 11.4. The van der Waals surface area contributed by atoms with Crippen LogP contribution in [-0.2, 0) is 9.53 Å². The number of carbonyl (C=O) groups is 1. The maximum absolute atomic E-state index is 10.8. The summed E-state index contributed by atoms with van der Waals surface area (Å²) in [5, 5.41) is 14.2. The number of nitrogens with one attached hydrogen (secondary N) is 1. The first-order chi connectivity index (χ1) is 7.75. The molecule has 4 nitrogen and oxygen atoms in total. The number of carboxylic acid groups (broad SMARTS) is 1. The number of thiophene rings is 1. The van der Waals surface area contributed by atoms with Gasteiger partial charge < -0.3 is 15.2 Å². The minimum atomic E-state index is -0.773. The second-order valence-corrected chi connectivity index (χ2v) is 4.87. The van der Waals surface area contributed by atoms with Gasteiger partial charge in [-0.1, -0.05) is 6.07 Å². The van der Waals surface area contributed by atoms with E-state index in [0.717, 1.165) is 17.9 Å². The third-order valence-electron chi connectivity index (χ3n) is 2.63. The zero-order valence-electron chi connectivity index (χ0n) is 8.89. The van der Waals surface area contributed by atoms with Crippen molar-refractivity contribution in [2.45, 2.75) is 24.9 Å². The largest absolute Gasteiger partial charge is 0.481 e. The number of rotatable bonds is 5. The van der Waals surface area contributed by atoms with Gasteiger partial charge in [0.1, 0.15) is 0 Å². The van der Waals surface area contributed by atoms with Gasteiger partial charge in [-0.3, -0.25) is 4.79 Å². The summed E-state index contributed by atoms with van der Waals surface area (Å²) in [5.74, 6) is -0.773. The summed E-state index contributed by atoms with van der Waals surface area (Å²) in [5.41, 5.74) is 0. The average molecular weight is 241 g/mol. The first-order valence-electron chi connectivity index (χ1n) is 5.34. The second kappa shape index (κ2) is 5.43. The van der Waals surface area contributed by atoms with E-state index in [1.54, 1.807) is 11.3 Å². The molecule has 0 spiro atoms. The van der Waals surface area contributed by atoms with Gasteiger partial charge in [0.2, 0.25) is 0 Å². The lowest BCUT2D eigenvalue weighted by atomic mass is 10.1. The Kier molecular flexibility index (Phi) is 3.93. The molecular formula is C11H15NO3S. The third-order valence-corrected chi connectivity index (χ3v) is 3.62. The van der Waals surface area contributed by atoms with E-state index in [2.05, 4.69) is 5.32 Å². The first-order valence-corrected chi connectivity index (χ1v) is 6.22. The van der Waals surface area contributed by atoms with E-state index in [1.807, 2.05) is 17.5 Å². The van der Waals surface area contributed by atoms with Crippen molar-refractivity contribution in [3.05, 3.63) is 22.4 Å². The second-order valence-electron chi connectivity index (χ2n) is 3.89. The summed E-state index contributed by atoms with van der Waals surface area (Å²) >= 11 is 1.59. The Morgan fingerprint density at radius 2 is 2.62 bits per heavy atom. The molecule has 88 valence electrons. The Morgan fingerprint density at radius 3 is 3.19 bits per heavy atom. The van der Waals surface area contributed by atoms with E-state index in [4.69, 9.17) is 9.84 Å². The molecule has 2 N–H and O–H groups in total. The molecule has 1 fully saturated rings. The van der Waals surface area contributed by atoms with Crippen LogP contribution in [0.1, 0.15) is 23.8 Å². The number of hydrogen-bond donors (Lipinski definition) is 2. The van der Waals surface area contributed by atoms with E-state index in [0.29, 0.717) is 6.61 Å². The van der Waals surface area contributed by atoms with Crippen LogP contribution in [0.15, 0.2) is 17.5 Å². The van der Waals surface area contributed by atoms with Crippen LogP contribution < -0.4 is 5.32 Å². The van der Waals surface area contributed by atoms with Crippen LogP contribution in [0.5, 0.6) is 0 Å². The fraction of sp³-hybridized carbons (Fsp3) is 0.545. The maximum Gasteiger partial charge on any atom is 0.305 e. The van der Waals surface area contributed by atoms with Crippen molar-refractivity contribution in [2.24, 2.45) is 0 Å². The fourth-order valence-corrected chi connectivity index (χ4v) is 2.64. The van der Waals surface area contributed by atoms with Crippen molar-refractivity contribution in [3.63, 3.8) is 0 Å². The summed E-state index contributed by atoms with van der Waals surface area (Å²) in [6, 6.07) is 4.11. The summed E-state index contributed by atoms with van der Waals surface area (Å²) in [7, 11) is 0. The van der Waals surface area contributed by atoms with Gasteiger partial charge in [0.15, 0.2) is 0 Å². The molecule has 2 rings (SSSR count). The number of ether oxygens (including phenoxy) is 1. The Bertz CT molecular complexity index is 333. The monoisotopic (exact) mass is 241 g/mol. The highest BCUT2D eigenvalue weighted by molar-refractivity contribution is 7.10. The van der Waals surface area contributed by atoms with Gasteiger partial charge in [-0.05, 0) is 17.9 Å². The SMILES string of the molecule is O=C(O)CC(NC1CCOC1)c1cccs1. The molecular weight excluding hydrogens is 226 g/mol. The minimum absolute atomic E-state index is 0.0933. The Hall–Kier alpha value is -0.910. The molecule has 16 heavy (non-hydrogen) atoms. The fourth-order valence-electron chi connectivity index (χ4n) is 1.86. The summed E-state index contributed by atoms with van der Waals surface area (Å²) in [6.45, 7) is 1.45. The standard InChI is InChI=1S/C11H15NO3S/c13-11(14)6-9(10-2-1-5-16-10)12-8-3-4-15-7-8/h1-2,5,8-9,12H,3-4,6-7H2,(H,13,14). The van der Waals surface area contributed by atoms with E-state index in [-0.39, 0.29) is 18.5 Å². The van der Waals surface area contributed by atoms with Crippen LogP contribution in [0.4, 0.5) is 0 Å². The number of carboxylic acids is 1. The van der Waals surface area contributed by atoms with E-state index in [9.17, 15) is 4.79 Å². The van der Waals surface area contributed by atoms with Gasteiger partial charge in [0, 0.05) is 17.5 Å². The van der Waals surface area contributed by atoms with Gasteiger partial charge in [-0.25, -0.2) is 0 Å². The van der Waals surface area contributed by atoms with E-state index in [1.165, 1.54) is 0 Å². The molecule has 2 heterocycles. The average Bonchev–Trinajstić information content (AvgIpc) is 2.88. The summed E-state index contributed by atoms with van der Waals surface area (Å²) < 4.78 is 5.27. The Morgan fingerprint density at radius 1 is 1.75 bits per heavy atom. The molecule has 0 saturated carbocycles. The molecule has 1 aliphatic heterocycles. The zero-order valence-corrected chi connectivity index (χ0v) is 9.70. The highest BCUT2D eigenvalue weighted by atomic mass is 32.1. The number of aliphatic carboxylic acids is 1. The van der Waals surface area contributed by atoms with Gasteiger partial charge in [0.25, 0.3) is 0 Å². The van der Waals surface area contributed by atoms with Crippen LogP contribution in [0.25, 0.3) is 0 Å². The molecule has 2 atom stereocenters. The van der Waals surface area contributed by atoms with Crippen molar-refractivity contribution in [1.29, 1.82) is 0 Å². The van der Waals surface area contributed by atoms with Gasteiger partial charge in [-0.2, -0.15) is 0 Å². The van der Waals surface area contributed by atoms with Crippen LogP contribution in [0.3, 0.4) is 0 Å². The molecule has 0 amide bonds. The Labute approximate surface area is 98.2 Å². The van der Waals surface area contributed by atoms with Crippen LogP contribution in [0, 0.1) is 0 Å². The lowest BCUT2D eigenvalue weighted by Crippen LogP contribution is -2.34. The van der Waals surface area contributed by atoms with E-state index < -0.39 is 5.97 Å². The van der Waals surface area contributed by atoms with Crippen molar-refractivity contribution < 1.29 is 14.6 Å². The number of hydrogen-bond acceptors (Lipinski definition) is 4. The molecule has 1 aliphatic rings. The first kappa shape index (κ1) is 11.6. The molecule has 1 aromatic rings. The highest BCUT2D eigenvalue weighted by Gasteiger charge is 2.23. The van der Waals surface area contributed by atoms with E-state index >= 15 is 0 Å². The van der Waals surface area contributed by atoms with Crippen LogP contribution >= 0.6 is 11.3 Å². The molecule has 0 aliphatic carbocycles. The Balaban J connectivity index is 1.99.